The Balaban J connectivity index is 2.03. The summed E-state index contributed by atoms with van der Waals surface area (Å²) < 4.78 is 6.69. The monoisotopic (exact) mass is 388 g/mol. The van der Waals surface area contributed by atoms with E-state index in [0.29, 0.717) is 12.2 Å². The van der Waals surface area contributed by atoms with Crippen LogP contribution in [0, 0.1) is 6.92 Å². The van der Waals surface area contributed by atoms with E-state index >= 15 is 0 Å². The molecule has 0 aliphatic heterocycles. The lowest BCUT2D eigenvalue weighted by Crippen LogP contribution is -2.17. The second-order valence-electron chi connectivity index (χ2n) is 5.45. The molecule has 0 bridgehead atoms. The van der Waals surface area contributed by atoms with E-state index in [0.717, 1.165) is 34.2 Å². The summed E-state index contributed by atoms with van der Waals surface area (Å²) in [6.45, 7) is 4.76. The van der Waals surface area contributed by atoms with Crippen molar-refractivity contribution in [3.8, 4) is 5.75 Å². The van der Waals surface area contributed by atoms with Crippen molar-refractivity contribution in [2.75, 3.05) is 6.61 Å². The van der Waals surface area contributed by atoms with Crippen LogP contribution in [0.1, 0.15) is 41.3 Å². The first-order valence-corrected chi connectivity index (χ1v) is 8.72. The van der Waals surface area contributed by atoms with Gasteiger partial charge in [-0.3, -0.25) is 4.79 Å². The average Bonchev–Trinajstić information content (AvgIpc) is 2.57. The molecule has 4 nitrogen and oxygen atoms in total. The maximum absolute atomic E-state index is 12.0. The molecule has 0 spiro atoms. The smallest absolute Gasteiger partial charge is 0.271 e. The zero-order chi connectivity index (χ0) is 17.4. The standard InChI is InChI=1S/C19H21BrN2O2/c1-3-4-11-24-18-10-9-17(20)12-16(18)13-21-22-19(23)15-7-5-14(2)6-8-15/h5-10,12-13H,3-4,11H2,1-2H3,(H,22,23)/b21-13+. The lowest BCUT2D eigenvalue weighted by atomic mass is 10.1. The summed E-state index contributed by atoms with van der Waals surface area (Å²) in [7, 11) is 0. The largest absolute Gasteiger partial charge is 0.493 e. The van der Waals surface area contributed by atoms with Gasteiger partial charge in [0.15, 0.2) is 0 Å². The quantitative estimate of drug-likeness (QED) is 0.424. The van der Waals surface area contributed by atoms with Crippen molar-refractivity contribution in [1.29, 1.82) is 0 Å². The molecule has 0 saturated carbocycles. The number of hydrogen-bond donors (Lipinski definition) is 1. The Hall–Kier alpha value is -2.14. The van der Waals surface area contributed by atoms with Crippen LogP contribution in [-0.2, 0) is 0 Å². The highest BCUT2D eigenvalue weighted by atomic mass is 79.9. The first-order chi connectivity index (χ1) is 11.6. The van der Waals surface area contributed by atoms with E-state index in [2.05, 4.69) is 33.4 Å². The Bertz CT molecular complexity index is 712. The van der Waals surface area contributed by atoms with E-state index in [-0.39, 0.29) is 5.91 Å². The molecule has 0 atom stereocenters. The fourth-order valence-electron chi connectivity index (χ4n) is 2.01. The summed E-state index contributed by atoms with van der Waals surface area (Å²) in [4.78, 5) is 12.0. The number of nitrogens with one attached hydrogen (secondary N) is 1. The number of ether oxygens (including phenoxy) is 1. The second-order valence-corrected chi connectivity index (χ2v) is 6.36. The number of hydrazone groups is 1. The van der Waals surface area contributed by atoms with E-state index in [4.69, 9.17) is 4.74 Å². The van der Waals surface area contributed by atoms with Crippen LogP contribution in [0.15, 0.2) is 52.0 Å². The van der Waals surface area contributed by atoms with Gasteiger partial charge in [-0.15, -0.1) is 0 Å². The second kappa shape index (κ2) is 9.23. The van der Waals surface area contributed by atoms with Crippen molar-refractivity contribution in [2.45, 2.75) is 26.7 Å². The number of nitrogens with zero attached hydrogens (tertiary/aromatic N) is 1. The zero-order valence-corrected chi connectivity index (χ0v) is 15.5. The number of halogens is 1. The first-order valence-electron chi connectivity index (χ1n) is 7.92. The summed E-state index contributed by atoms with van der Waals surface area (Å²) in [6.07, 6.45) is 3.67. The highest BCUT2D eigenvalue weighted by molar-refractivity contribution is 9.10. The van der Waals surface area contributed by atoms with Gasteiger partial charge in [-0.25, -0.2) is 5.43 Å². The van der Waals surface area contributed by atoms with Crippen LogP contribution in [0.3, 0.4) is 0 Å². The molecule has 0 aromatic heterocycles. The molecule has 0 unspecified atom stereocenters. The van der Waals surface area contributed by atoms with Crippen molar-refractivity contribution in [3.05, 3.63) is 63.6 Å². The van der Waals surface area contributed by atoms with Crippen LogP contribution in [0.25, 0.3) is 0 Å². The Kier molecular flexibility index (Phi) is 7.00. The van der Waals surface area contributed by atoms with Gasteiger partial charge in [0.05, 0.1) is 12.8 Å². The number of aryl methyl sites for hydroxylation is 1. The van der Waals surface area contributed by atoms with E-state index < -0.39 is 0 Å². The maximum atomic E-state index is 12.0. The van der Waals surface area contributed by atoms with Crippen LogP contribution in [0.5, 0.6) is 5.75 Å². The Morgan fingerprint density at radius 3 is 2.71 bits per heavy atom. The van der Waals surface area contributed by atoms with Crippen LogP contribution in [0.4, 0.5) is 0 Å². The summed E-state index contributed by atoms with van der Waals surface area (Å²) in [5.74, 6) is 0.509. The summed E-state index contributed by atoms with van der Waals surface area (Å²) in [5, 5.41) is 4.04. The van der Waals surface area contributed by atoms with Crippen molar-refractivity contribution in [1.82, 2.24) is 5.43 Å². The highest BCUT2D eigenvalue weighted by Crippen LogP contribution is 2.22. The molecule has 0 fully saturated rings. The molecule has 0 radical (unpaired) electrons. The van der Waals surface area contributed by atoms with Gasteiger partial charge in [0.2, 0.25) is 0 Å². The number of rotatable bonds is 7. The summed E-state index contributed by atoms with van der Waals surface area (Å²) in [5.41, 5.74) is 5.04. The molecule has 1 amide bonds. The minimum Gasteiger partial charge on any atom is -0.493 e. The van der Waals surface area contributed by atoms with Gasteiger partial charge in [-0.1, -0.05) is 47.0 Å². The van der Waals surface area contributed by atoms with Crippen molar-refractivity contribution < 1.29 is 9.53 Å². The molecule has 0 heterocycles. The minimum atomic E-state index is -0.241. The minimum absolute atomic E-state index is 0.241. The van der Waals surface area contributed by atoms with E-state index in [1.807, 2.05) is 37.3 Å². The molecule has 24 heavy (non-hydrogen) atoms. The Morgan fingerprint density at radius 2 is 2.00 bits per heavy atom. The molecule has 0 aliphatic rings. The lowest BCUT2D eigenvalue weighted by Gasteiger charge is -2.09. The van der Waals surface area contributed by atoms with Gasteiger partial charge in [-0.2, -0.15) is 5.10 Å². The van der Waals surface area contributed by atoms with E-state index in [9.17, 15) is 4.79 Å². The van der Waals surface area contributed by atoms with Gasteiger partial charge in [0.25, 0.3) is 5.91 Å². The van der Waals surface area contributed by atoms with Gasteiger partial charge in [0, 0.05) is 15.6 Å². The third-order valence-electron chi connectivity index (χ3n) is 3.41. The third kappa shape index (κ3) is 5.49. The van der Waals surface area contributed by atoms with Gasteiger partial charge < -0.3 is 4.74 Å². The van der Waals surface area contributed by atoms with E-state index in [1.165, 1.54) is 0 Å². The third-order valence-corrected chi connectivity index (χ3v) is 3.90. The fraction of sp³-hybridized carbons (Fsp3) is 0.263. The first kappa shape index (κ1) is 18.2. The molecule has 2 rings (SSSR count). The lowest BCUT2D eigenvalue weighted by molar-refractivity contribution is 0.0955. The number of carbonyl (C=O) groups is 1. The van der Waals surface area contributed by atoms with Gasteiger partial charge in [-0.05, 0) is 43.7 Å². The number of benzene rings is 2. The predicted octanol–water partition coefficient (Wildman–Crippen LogP) is 4.70. The Morgan fingerprint density at radius 1 is 1.25 bits per heavy atom. The zero-order valence-electron chi connectivity index (χ0n) is 13.9. The van der Waals surface area contributed by atoms with Crippen LogP contribution in [0.2, 0.25) is 0 Å². The highest BCUT2D eigenvalue weighted by Gasteiger charge is 2.05. The van der Waals surface area contributed by atoms with Crippen LogP contribution in [-0.4, -0.2) is 18.7 Å². The molecule has 2 aromatic rings. The van der Waals surface area contributed by atoms with E-state index in [1.54, 1.807) is 18.3 Å². The Labute approximate surface area is 151 Å². The SMILES string of the molecule is CCCCOc1ccc(Br)cc1/C=N/NC(=O)c1ccc(C)cc1. The predicted molar refractivity (Wildman–Crippen MR) is 101 cm³/mol. The number of hydrogen-bond acceptors (Lipinski definition) is 3. The maximum Gasteiger partial charge on any atom is 0.271 e. The molecule has 0 saturated heterocycles. The van der Waals surface area contributed by atoms with Crippen molar-refractivity contribution in [2.24, 2.45) is 5.10 Å². The van der Waals surface area contributed by atoms with Crippen LogP contribution < -0.4 is 10.2 Å². The molecular weight excluding hydrogens is 368 g/mol. The molecule has 2 aromatic carbocycles. The average molecular weight is 389 g/mol. The molecule has 126 valence electrons. The topological polar surface area (TPSA) is 50.7 Å². The van der Waals surface area contributed by atoms with Gasteiger partial charge >= 0.3 is 0 Å². The number of carbonyl (C=O) groups excluding carboxylic acids is 1. The molecule has 0 aliphatic carbocycles. The van der Waals surface area contributed by atoms with Gasteiger partial charge in [0.1, 0.15) is 5.75 Å². The summed E-state index contributed by atoms with van der Waals surface area (Å²) in [6, 6.07) is 13.1. The summed E-state index contributed by atoms with van der Waals surface area (Å²) >= 11 is 3.44. The normalized spacial score (nSPS) is 10.8. The molecule has 5 heteroatoms. The molecular formula is C19H21BrN2O2. The molecule has 1 N–H and O–H groups in total. The van der Waals surface area contributed by atoms with Crippen molar-refractivity contribution >= 4 is 28.1 Å². The van der Waals surface area contributed by atoms with Crippen LogP contribution >= 0.6 is 15.9 Å². The number of amides is 1. The van der Waals surface area contributed by atoms with Crippen molar-refractivity contribution in [3.63, 3.8) is 0 Å². The fourth-order valence-corrected chi connectivity index (χ4v) is 2.39. The number of unbranched alkanes of at least 4 members (excludes halogenated alkanes) is 1.